The number of rotatable bonds is 8. The molecule has 0 fully saturated rings. The minimum Gasteiger partial charge on any atom is -0.282 e. The van der Waals surface area contributed by atoms with Crippen molar-refractivity contribution < 1.29 is 13.0 Å². The van der Waals surface area contributed by atoms with Crippen molar-refractivity contribution in [2.75, 3.05) is 0 Å². The average Bonchev–Trinajstić information content (AvgIpc) is 2.34. The fourth-order valence-electron chi connectivity index (χ4n) is 2.17. The smallest absolute Gasteiger partial charge is 0.282 e. The Balaban J connectivity index is 2.53. The number of hydrogen-bond donors (Lipinski definition) is 1. The highest BCUT2D eigenvalue weighted by Gasteiger charge is 2.11. The Morgan fingerprint density at radius 2 is 1.68 bits per heavy atom. The molecule has 1 N–H and O–H groups in total. The Morgan fingerprint density at radius 3 is 2.32 bits per heavy atom. The van der Waals surface area contributed by atoms with Gasteiger partial charge >= 0.3 is 0 Å². The number of unbranched alkanes of at least 4 members (excludes halogenated alkanes) is 5. The van der Waals surface area contributed by atoms with Crippen LogP contribution in [0.3, 0.4) is 0 Å². The summed E-state index contributed by atoms with van der Waals surface area (Å²) in [5.74, 6) is 0. The van der Waals surface area contributed by atoms with Crippen LogP contribution in [0.25, 0.3) is 0 Å². The van der Waals surface area contributed by atoms with E-state index in [-0.39, 0.29) is 4.90 Å². The molecule has 0 aromatic heterocycles. The fraction of sp³-hybridized carbons (Fsp3) is 0.600. The lowest BCUT2D eigenvalue weighted by Crippen LogP contribution is -2.00. The monoisotopic (exact) mass is 284 g/mol. The third-order valence-corrected chi connectivity index (χ3v) is 4.27. The predicted molar refractivity (Wildman–Crippen MR) is 78.1 cm³/mol. The van der Waals surface area contributed by atoms with Crippen molar-refractivity contribution in [1.82, 2.24) is 0 Å². The lowest BCUT2D eigenvalue weighted by molar-refractivity contribution is 0.483. The molecule has 1 rings (SSSR count). The zero-order valence-electron chi connectivity index (χ0n) is 11.9. The molecule has 1 aromatic rings. The normalized spacial score (nSPS) is 11.7. The van der Waals surface area contributed by atoms with E-state index < -0.39 is 10.1 Å². The highest BCUT2D eigenvalue weighted by atomic mass is 32.2. The van der Waals surface area contributed by atoms with Crippen LogP contribution in [0.4, 0.5) is 0 Å². The molecule has 0 saturated carbocycles. The van der Waals surface area contributed by atoms with Gasteiger partial charge in [0.15, 0.2) is 0 Å². The number of hydrogen-bond acceptors (Lipinski definition) is 2. The SMILES string of the molecule is CCCCCCCCc1cc(S(=O)(=O)O)ccc1C. The molecule has 0 radical (unpaired) electrons. The van der Waals surface area contributed by atoms with Crippen LogP contribution in [0, 0.1) is 6.92 Å². The molecule has 0 bridgehead atoms. The van der Waals surface area contributed by atoms with Crippen molar-refractivity contribution in [3.63, 3.8) is 0 Å². The molecular formula is C15H24O3S. The molecule has 0 aliphatic rings. The van der Waals surface area contributed by atoms with Crippen LogP contribution in [0.2, 0.25) is 0 Å². The second-order valence-corrected chi connectivity index (χ2v) is 6.50. The van der Waals surface area contributed by atoms with Gasteiger partial charge in [0.25, 0.3) is 10.1 Å². The maximum absolute atomic E-state index is 11.1. The van der Waals surface area contributed by atoms with Gasteiger partial charge in [-0.3, -0.25) is 4.55 Å². The van der Waals surface area contributed by atoms with E-state index in [1.54, 1.807) is 12.1 Å². The molecule has 0 heterocycles. The molecule has 0 saturated heterocycles. The van der Waals surface area contributed by atoms with Gasteiger partial charge in [0.2, 0.25) is 0 Å². The molecule has 0 spiro atoms. The molecule has 3 nitrogen and oxygen atoms in total. The van der Waals surface area contributed by atoms with E-state index >= 15 is 0 Å². The quantitative estimate of drug-likeness (QED) is 0.576. The highest BCUT2D eigenvalue weighted by Crippen LogP contribution is 2.18. The van der Waals surface area contributed by atoms with E-state index in [1.807, 2.05) is 6.92 Å². The fourth-order valence-corrected chi connectivity index (χ4v) is 2.70. The van der Waals surface area contributed by atoms with Crippen LogP contribution in [-0.4, -0.2) is 13.0 Å². The zero-order valence-corrected chi connectivity index (χ0v) is 12.7. The minimum atomic E-state index is -4.08. The first-order chi connectivity index (χ1) is 8.95. The maximum Gasteiger partial charge on any atom is 0.294 e. The second kappa shape index (κ2) is 7.65. The summed E-state index contributed by atoms with van der Waals surface area (Å²) in [7, 11) is -4.08. The predicted octanol–water partition coefficient (Wildman–Crippen LogP) is 4.14. The van der Waals surface area contributed by atoms with Crippen molar-refractivity contribution in [2.45, 2.75) is 63.7 Å². The van der Waals surface area contributed by atoms with E-state index in [0.717, 1.165) is 24.0 Å². The summed E-state index contributed by atoms with van der Waals surface area (Å²) in [6, 6.07) is 4.81. The van der Waals surface area contributed by atoms with Crippen molar-refractivity contribution in [2.24, 2.45) is 0 Å². The second-order valence-electron chi connectivity index (χ2n) is 5.08. The van der Waals surface area contributed by atoms with Gasteiger partial charge in [0, 0.05) is 0 Å². The summed E-state index contributed by atoms with van der Waals surface area (Å²) in [6.45, 7) is 4.17. The molecule has 0 aliphatic carbocycles. The Morgan fingerprint density at radius 1 is 1.05 bits per heavy atom. The van der Waals surface area contributed by atoms with Crippen molar-refractivity contribution in [1.29, 1.82) is 0 Å². The topological polar surface area (TPSA) is 54.4 Å². The lowest BCUT2D eigenvalue weighted by atomic mass is 10.0. The van der Waals surface area contributed by atoms with Crippen LogP contribution in [-0.2, 0) is 16.5 Å². The van der Waals surface area contributed by atoms with E-state index in [1.165, 1.54) is 38.2 Å². The first kappa shape index (κ1) is 16.2. The molecule has 4 heteroatoms. The highest BCUT2D eigenvalue weighted by molar-refractivity contribution is 7.85. The summed E-state index contributed by atoms with van der Waals surface area (Å²) in [4.78, 5) is -0.000849. The van der Waals surface area contributed by atoms with Gasteiger partial charge in [-0.2, -0.15) is 8.42 Å². The van der Waals surface area contributed by atoms with Gasteiger partial charge in [-0.1, -0.05) is 45.1 Å². The summed E-state index contributed by atoms with van der Waals surface area (Å²) in [5, 5.41) is 0. The Bertz CT molecular complexity index is 492. The van der Waals surface area contributed by atoms with E-state index in [2.05, 4.69) is 6.92 Å². The summed E-state index contributed by atoms with van der Waals surface area (Å²) in [5.41, 5.74) is 2.10. The minimum absolute atomic E-state index is 0.000849. The summed E-state index contributed by atoms with van der Waals surface area (Å²) < 4.78 is 31.2. The molecule has 0 unspecified atom stereocenters. The van der Waals surface area contributed by atoms with Gasteiger partial charge in [0.1, 0.15) is 0 Å². The lowest BCUT2D eigenvalue weighted by Gasteiger charge is -2.07. The van der Waals surface area contributed by atoms with Gasteiger partial charge in [0.05, 0.1) is 4.90 Å². The van der Waals surface area contributed by atoms with E-state index in [0.29, 0.717) is 0 Å². The standard InChI is InChI=1S/C15H24O3S/c1-3-4-5-6-7-8-9-14-12-15(19(16,17)18)11-10-13(14)2/h10-12H,3-9H2,1-2H3,(H,16,17,18). The number of aryl methyl sites for hydroxylation is 2. The van der Waals surface area contributed by atoms with Crippen molar-refractivity contribution in [3.05, 3.63) is 29.3 Å². The molecular weight excluding hydrogens is 260 g/mol. The van der Waals surface area contributed by atoms with E-state index in [9.17, 15) is 8.42 Å². The van der Waals surface area contributed by atoms with Crippen LogP contribution in [0.1, 0.15) is 56.6 Å². The third kappa shape index (κ3) is 5.74. The molecule has 108 valence electrons. The Labute approximate surface area is 116 Å². The molecule has 19 heavy (non-hydrogen) atoms. The van der Waals surface area contributed by atoms with Gasteiger partial charge in [-0.25, -0.2) is 0 Å². The van der Waals surface area contributed by atoms with Crippen LogP contribution >= 0.6 is 0 Å². The largest absolute Gasteiger partial charge is 0.294 e. The van der Waals surface area contributed by atoms with Crippen LogP contribution in [0.5, 0.6) is 0 Å². The van der Waals surface area contributed by atoms with Crippen LogP contribution in [0.15, 0.2) is 23.1 Å². The third-order valence-electron chi connectivity index (χ3n) is 3.42. The van der Waals surface area contributed by atoms with Gasteiger partial charge in [-0.15, -0.1) is 0 Å². The number of benzene rings is 1. The first-order valence-electron chi connectivity index (χ1n) is 7.02. The van der Waals surface area contributed by atoms with Crippen LogP contribution < -0.4 is 0 Å². The molecule has 0 atom stereocenters. The zero-order chi connectivity index (χ0) is 14.3. The molecule has 0 amide bonds. The Kier molecular flexibility index (Phi) is 6.52. The van der Waals surface area contributed by atoms with Crippen molar-refractivity contribution in [3.8, 4) is 0 Å². The molecule has 1 aromatic carbocycles. The first-order valence-corrected chi connectivity index (χ1v) is 8.46. The van der Waals surface area contributed by atoms with E-state index in [4.69, 9.17) is 4.55 Å². The van der Waals surface area contributed by atoms with Gasteiger partial charge in [-0.05, 0) is 43.0 Å². The molecule has 0 aliphatic heterocycles. The Hall–Kier alpha value is -0.870. The van der Waals surface area contributed by atoms with Gasteiger partial charge < -0.3 is 0 Å². The summed E-state index contributed by atoms with van der Waals surface area (Å²) >= 11 is 0. The summed E-state index contributed by atoms with van der Waals surface area (Å²) in [6.07, 6.45) is 8.18. The van der Waals surface area contributed by atoms with Crippen molar-refractivity contribution >= 4 is 10.1 Å². The maximum atomic E-state index is 11.1. The average molecular weight is 284 g/mol.